The van der Waals surface area contributed by atoms with Crippen LogP contribution in [0.2, 0.25) is 0 Å². The van der Waals surface area contributed by atoms with Crippen molar-refractivity contribution in [3.05, 3.63) is 36.1 Å². The van der Waals surface area contributed by atoms with Gasteiger partial charge in [0.2, 0.25) is 0 Å². The highest BCUT2D eigenvalue weighted by Gasteiger charge is 2.46. The molecule has 4 aliphatic rings. The molecule has 1 saturated carbocycles. The third kappa shape index (κ3) is 4.69. The number of ether oxygens (including phenoxy) is 2. The molecule has 0 unspecified atom stereocenters. The first-order valence-electron chi connectivity index (χ1n) is 12.4. The first-order chi connectivity index (χ1) is 17.9. The molecule has 0 spiro atoms. The fraction of sp³-hybridized carbons (Fsp3) is 0.440. The topological polar surface area (TPSA) is 129 Å². The van der Waals surface area contributed by atoms with Crippen LogP contribution in [0.5, 0.6) is 5.75 Å². The largest absolute Gasteiger partial charge is 0.480 e. The van der Waals surface area contributed by atoms with Gasteiger partial charge in [0.25, 0.3) is 5.91 Å². The van der Waals surface area contributed by atoms with Gasteiger partial charge in [0.15, 0.2) is 18.2 Å². The number of rotatable bonds is 6. The Hall–Kier alpha value is -3.77. The maximum Gasteiger partial charge on any atom is 0.416 e. The van der Waals surface area contributed by atoms with Crippen LogP contribution in [0.15, 0.2) is 35.3 Å². The third-order valence-electron chi connectivity index (χ3n) is 7.13. The summed E-state index contributed by atoms with van der Waals surface area (Å²) in [6, 6.07) is 7.72. The van der Waals surface area contributed by atoms with Crippen LogP contribution in [0.4, 0.5) is 32.2 Å². The Morgan fingerprint density at radius 3 is 3.03 bits per heavy atom. The third-order valence-corrected chi connectivity index (χ3v) is 7.13. The molecule has 12 heteroatoms. The first kappa shape index (κ1) is 23.6. The number of aromatic nitrogens is 1. The van der Waals surface area contributed by atoms with Gasteiger partial charge in [-0.1, -0.05) is 0 Å². The number of benzene rings is 1. The van der Waals surface area contributed by atoms with E-state index in [1.54, 1.807) is 29.3 Å². The van der Waals surface area contributed by atoms with Crippen LogP contribution >= 0.6 is 0 Å². The second-order valence-corrected chi connectivity index (χ2v) is 9.63. The van der Waals surface area contributed by atoms with E-state index in [0.717, 1.165) is 6.42 Å². The van der Waals surface area contributed by atoms with Gasteiger partial charge < -0.3 is 30.1 Å². The molecule has 3 N–H and O–H groups in total. The molecule has 3 aliphatic heterocycles. The quantitative estimate of drug-likeness (QED) is 0.538. The second kappa shape index (κ2) is 9.60. The van der Waals surface area contributed by atoms with Gasteiger partial charge >= 0.3 is 6.09 Å². The zero-order chi connectivity index (χ0) is 25.5. The SMILES string of the molecule is O=C1COc2ccc(N3C(=O)O[C@@H]4C[C@H](NC[C@@H](O)CN5CC=Nc6ccc(F)cc65)CC[C@H]43)nc2N1. The molecule has 4 heterocycles. The van der Waals surface area contributed by atoms with Gasteiger partial charge in [-0.05, 0) is 43.2 Å². The van der Waals surface area contributed by atoms with E-state index in [4.69, 9.17) is 9.47 Å². The number of aliphatic hydroxyl groups excluding tert-OH is 1. The van der Waals surface area contributed by atoms with Crippen molar-refractivity contribution < 1.29 is 28.6 Å². The first-order valence-corrected chi connectivity index (χ1v) is 12.4. The standard InChI is InChI=1S/C25H27FN6O5/c26-14-1-3-17-19(9-14)31(8-7-27-17)12-16(33)11-28-15-2-4-18-21(10-15)37-25(35)32(18)22-6-5-20-24(29-22)30-23(34)13-36-20/h1,3,5-7,9,15-16,18,21,28,33H,2,4,8,10-13H2,(H,29,30,34)/t15-,16-,18-,21-/m1/s1. The number of aliphatic hydroxyl groups is 1. The second-order valence-electron chi connectivity index (χ2n) is 9.63. The van der Waals surface area contributed by atoms with Crippen LogP contribution in [0, 0.1) is 5.82 Å². The molecule has 0 bridgehead atoms. The molecule has 2 amide bonds. The summed E-state index contributed by atoms with van der Waals surface area (Å²) in [4.78, 5) is 36.6. The summed E-state index contributed by atoms with van der Waals surface area (Å²) in [6.07, 6.45) is 2.38. The number of pyridine rings is 1. The lowest BCUT2D eigenvalue weighted by Gasteiger charge is -2.34. The normalized spacial score (nSPS) is 25.0. The molecule has 1 aromatic carbocycles. The van der Waals surface area contributed by atoms with Crippen molar-refractivity contribution >= 4 is 41.2 Å². The Morgan fingerprint density at radius 1 is 1.24 bits per heavy atom. The minimum atomic E-state index is -0.680. The number of hydrogen-bond donors (Lipinski definition) is 3. The monoisotopic (exact) mass is 510 g/mol. The number of β-amino-alcohol motifs (C(OH)–C–C–N with tert-alkyl or cyclic N) is 1. The zero-order valence-electron chi connectivity index (χ0n) is 20.0. The predicted octanol–water partition coefficient (Wildman–Crippen LogP) is 1.97. The summed E-state index contributed by atoms with van der Waals surface area (Å²) in [5, 5.41) is 16.7. The van der Waals surface area contributed by atoms with E-state index in [0.29, 0.717) is 61.2 Å². The van der Waals surface area contributed by atoms with Crippen LogP contribution in [0.1, 0.15) is 19.3 Å². The molecule has 194 valence electrons. The molecular formula is C25H27FN6O5. The highest BCUT2D eigenvalue weighted by Crippen LogP contribution is 2.37. The summed E-state index contributed by atoms with van der Waals surface area (Å²) in [7, 11) is 0. The van der Waals surface area contributed by atoms with E-state index >= 15 is 0 Å². The van der Waals surface area contributed by atoms with Gasteiger partial charge in [-0.3, -0.25) is 14.7 Å². The van der Waals surface area contributed by atoms with Gasteiger partial charge in [-0.15, -0.1) is 0 Å². The summed E-state index contributed by atoms with van der Waals surface area (Å²) in [5.41, 5.74) is 1.35. The number of amides is 2. The lowest BCUT2D eigenvalue weighted by Crippen LogP contribution is -2.48. The zero-order valence-corrected chi connectivity index (χ0v) is 20.0. The molecule has 6 rings (SSSR count). The molecule has 37 heavy (non-hydrogen) atoms. The van der Waals surface area contributed by atoms with Crippen LogP contribution in [0.3, 0.4) is 0 Å². The molecule has 11 nitrogen and oxygen atoms in total. The number of hydrogen-bond acceptors (Lipinski definition) is 9. The van der Waals surface area contributed by atoms with E-state index in [-0.39, 0.29) is 36.5 Å². The van der Waals surface area contributed by atoms with Crippen LogP contribution < -0.4 is 25.2 Å². The van der Waals surface area contributed by atoms with E-state index < -0.39 is 12.2 Å². The minimum Gasteiger partial charge on any atom is -0.480 e. The molecule has 2 aromatic rings. The number of nitrogens with zero attached hydrogens (tertiary/aromatic N) is 4. The summed E-state index contributed by atoms with van der Waals surface area (Å²) < 4.78 is 24.8. The molecule has 2 fully saturated rings. The van der Waals surface area contributed by atoms with Crippen molar-refractivity contribution in [1.82, 2.24) is 10.3 Å². The van der Waals surface area contributed by atoms with Gasteiger partial charge in [0, 0.05) is 31.8 Å². The van der Waals surface area contributed by atoms with Crippen LogP contribution in [-0.4, -0.2) is 78.8 Å². The van der Waals surface area contributed by atoms with Crippen LogP contribution in [-0.2, 0) is 9.53 Å². The Kier molecular flexibility index (Phi) is 6.13. The van der Waals surface area contributed by atoms with Crippen molar-refractivity contribution in [3.8, 4) is 5.75 Å². The highest BCUT2D eigenvalue weighted by molar-refractivity contribution is 5.95. The average Bonchev–Trinajstić information content (AvgIpc) is 3.22. The summed E-state index contributed by atoms with van der Waals surface area (Å²) in [5.74, 6) is 0.529. The maximum atomic E-state index is 13.7. The molecule has 1 aromatic heterocycles. The van der Waals surface area contributed by atoms with Crippen LogP contribution in [0.25, 0.3) is 0 Å². The smallest absolute Gasteiger partial charge is 0.416 e. The van der Waals surface area contributed by atoms with E-state index in [9.17, 15) is 19.1 Å². The fourth-order valence-electron chi connectivity index (χ4n) is 5.38. The highest BCUT2D eigenvalue weighted by atomic mass is 19.1. The van der Waals surface area contributed by atoms with Crippen molar-refractivity contribution in [2.24, 2.45) is 4.99 Å². The van der Waals surface area contributed by atoms with Crippen molar-refractivity contribution in [1.29, 1.82) is 0 Å². The summed E-state index contributed by atoms with van der Waals surface area (Å²) in [6.45, 7) is 1.12. The van der Waals surface area contributed by atoms with Gasteiger partial charge in [0.05, 0.1) is 30.1 Å². The Balaban J connectivity index is 1.04. The lowest BCUT2D eigenvalue weighted by atomic mass is 9.88. The van der Waals surface area contributed by atoms with Crippen molar-refractivity contribution in [2.75, 3.05) is 41.4 Å². The minimum absolute atomic E-state index is 0.0638. The Bertz CT molecular complexity index is 1260. The van der Waals surface area contributed by atoms with E-state index in [2.05, 4.69) is 20.6 Å². The number of carbonyl (C=O) groups excluding carboxylic acids is 2. The number of aliphatic imine (C=N–C) groups is 1. The molecular weight excluding hydrogens is 483 g/mol. The molecule has 0 radical (unpaired) electrons. The van der Waals surface area contributed by atoms with Gasteiger partial charge in [-0.25, -0.2) is 14.2 Å². The number of carbonyl (C=O) groups is 2. The van der Waals surface area contributed by atoms with Gasteiger partial charge in [0.1, 0.15) is 17.7 Å². The Labute approximate surface area is 212 Å². The predicted molar refractivity (Wildman–Crippen MR) is 133 cm³/mol. The number of halogens is 1. The number of fused-ring (bicyclic) bond motifs is 3. The number of nitrogens with one attached hydrogen (secondary N) is 2. The molecule has 1 aliphatic carbocycles. The molecule has 4 atom stereocenters. The van der Waals surface area contributed by atoms with E-state index in [1.165, 1.54) is 12.1 Å². The lowest BCUT2D eigenvalue weighted by molar-refractivity contribution is -0.118. The fourth-order valence-corrected chi connectivity index (χ4v) is 5.38. The number of anilines is 3. The maximum absolute atomic E-state index is 13.7. The van der Waals surface area contributed by atoms with E-state index in [1.807, 2.05) is 4.90 Å². The summed E-state index contributed by atoms with van der Waals surface area (Å²) >= 11 is 0. The Morgan fingerprint density at radius 2 is 2.14 bits per heavy atom. The average molecular weight is 511 g/mol. The van der Waals surface area contributed by atoms with Gasteiger partial charge in [-0.2, -0.15) is 0 Å². The molecule has 1 saturated heterocycles. The van der Waals surface area contributed by atoms with Crippen molar-refractivity contribution in [3.63, 3.8) is 0 Å². The van der Waals surface area contributed by atoms with Crippen molar-refractivity contribution in [2.45, 2.75) is 43.6 Å².